The minimum absolute atomic E-state index is 0. The van der Waals surface area contributed by atoms with Gasteiger partial charge >= 0.3 is 0 Å². The zero-order valence-corrected chi connectivity index (χ0v) is 31.1. The van der Waals surface area contributed by atoms with Crippen LogP contribution in [0.5, 0.6) is 0 Å². The minimum atomic E-state index is -0.474. The van der Waals surface area contributed by atoms with Gasteiger partial charge < -0.3 is 0 Å². The molecule has 2 fully saturated rings. The van der Waals surface area contributed by atoms with Crippen LogP contribution in [0.15, 0.2) is 121 Å². The Hall–Kier alpha value is -1.74. The van der Waals surface area contributed by atoms with E-state index in [1.807, 2.05) is 0 Å². The molecule has 0 aliphatic heterocycles. The van der Waals surface area contributed by atoms with E-state index in [4.69, 9.17) is 0 Å². The van der Waals surface area contributed by atoms with Crippen molar-refractivity contribution in [2.24, 2.45) is 11.8 Å². The Bertz CT molecular complexity index is 1180. The van der Waals surface area contributed by atoms with Gasteiger partial charge in [0.05, 0.1) is 0 Å². The smallest absolute Gasteiger partial charge is 0.0198 e. The van der Waals surface area contributed by atoms with E-state index >= 15 is 0 Å². The van der Waals surface area contributed by atoms with Crippen molar-refractivity contribution >= 4 is 37.1 Å². The van der Waals surface area contributed by atoms with Crippen molar-refractivity contribution in [1.29, 1.82) is 0 Å². The monoisotopic (exact) mass is 694 g/mol. The van der Waals surface area contributed by atoms with Crippen LogP contribution in [-0.4, -0.2) is 0 Å². The van der Waals surface area contributed by atoms with Crippen molar-refractivity contribution in [2.45, 2.75) is 53.4 Å². The molecule has 0 atom stereocenters. The molecule has 0 amide bonds. The van der Waals surface area contributed by atoms with Gasteiger partial charge in [0.1, 0.15) is 0 Å². The summed E-state index contributed by atoms with van der Waals surface area (Å²) in [5.41, 5.74) is 3.07. The van der Waals surface area contributed by atoms with Gasteiger partial charge in [-0.2, -0.15) is 0 Å². The van der Waals surface area contributed by atoms with Gasteiger partial charge in [-0.25, -0.2) is 0 Å². The van der Waals surface area contributed by atoms with Crippen LogP contribution in [0.25, 0.3) is 0 Å². The second-order valence-electron chi connectivity index (χ2n) is 11.8. The molecule has 0 nitrogen and oxygen atoms in total. The number of rotatable bonds is 12. The summed E-state index contributed by atoms with van der Waals surface area (Å²) in [4.78, 5) is 0. The van der Waals surface area contributed by atoms with Gasteiger partial charge in [0.15, 0.2) is 0 Å². The summed E-state index contributed by atoms with van der Waals surface area (Å²) < 4.78 is 0. The van der Waals surface area contributed by atoms with E-state index in [0.717, 1.165) is 0 Å². The van der Waals surface area contributed by atoms with Crippen molar-refractivity contribution in [1.82, 2.24) is 0 Å². The summed E-state index contributed by atoms with van der Waals surface area (Å²) in [6, 6.07) is 43.9. The Balaban J connectivity index is 0.000000208. The molecular formula is C44H48FeP2. The Morgan fingerprint density at radius 2 is 0.638 bits per heavy atom. The van der Waals surface area contributed by atoms with Gasteiger partial charge in [0.2, 0.25) is 0 Å². The second-order valence-corrected chi connectivity index (χ2v) is 16.1. The number of benzene rings is 4. The Kier molecular flexibility index (Phi) is 16.2. The Morgan fingerprint density at radius 3 is 0.872 bits per heavy atom. The van der Waals surface area contributed by atoms with Gasteiger partial charge in [0.25, 0.3) is 0 Å². The molecule has 2 aliphatic carbocycles. The fourth-order valence-corrected chi connectivity index (χ4v) is 11.7. The fraction of sp³-hybridized carbons (Fsp3) is 0.227. The van der Waals surface area contributed by atoms with Crippen LogP contribution in [0, 0.1) is 73.5 Å². The minimum Gasteiger partial charge on any atom is -0.0651 e. The molecule has 0 bridgehead atoms. The largest absolute Gasteiger partial charge is 0.0651 e. The molecule has 0 saturated heterocycles. The van der Waals surface area contributed by atoms with Crippen molar-refractivity contribution in [3.05, 3.63) is 183 Å². The summed E-state index contributed by atoms with van der Waals surface area (Å²) in [5.74, 6) is 4.43. The van der Waals surface area contributed by atoms with Crippen LogP contribution in [-0.2, 0) is 17.1 Å². The molecule has 242 valence electrons. The van der Waals surface area contributed by atoms with Crippen molar-refractivity contribution < 1.29 is 17.1 Å². The molecule has 3 heteroatoms. The molecule has 2 aliphatic rings. The standard InChI is InChI=1S/2C22H24P.Fe/c2*1-3-18(4-2)21-16-11-17-22(21)23(19-12-7-5-8-13-19)20-14-9-6-10-15-20;/h2*5-18H,3-4H2,1-2H3;. The SMILES string of the molecule is CCC(CC)[C]1[CH][CH][CH][C]1P(c1ccccc1)c1ccccc1.CCC(CC)[C]1[CH][CH][CH][C]1P(c1ccccc1)c1ccccc1.[Fe]. The number of hydrogen-bond acceptors (Lipinski definition) is 0. The Labute approximate surface area is 300 Å². The molecule has 4 aromatic carbocycles. The van der Waals surface area contributed by atoms with E-state index < -0.39 is 15.8 Å². The second kappa shape index (κ2) is 20.1. The average Bonchev–Trinajstić information content (AvgIpc) is 3.79. The summed E-state index contributed by atoms with van der Waals surface area (Å²) >= 11 is 0. The first-order chi connectivity index (χ1) is 22.7. The maximum Gasteiger partial charge on any atom is 0.0198 e. The fourth-order valence-electron chi connectivity index (χ4n) is 6.57. The van der Waals surface area contributed by atoms with E-state index in [-0.39, 0.29) is 17.1 Å². The molecule has 4 aromatic rings. The molecule has 47 heavy (non-hydrogen) atoms. The molecule has 0 spiro atoms. The van der Waals surface area contributed by atoms with E-state index in [1.165, 1.54) is 58.2 Å². The molecule has 10 radical (unpaired) electrons. The zero-order chi connectivity index (χ0) is 32.1. The third kappa shape index (κ3) is 9.70. The van der Waals surface area contributed by atoms with Crippen LogP contribution < -0.4 is 21.2 Å². The van der Waals surface area contributed by atoms with Crippen LogP contribution in [0.3, 0.4) is 0 Å². The summed E-state index contributed by atoms with van der Waals surface area (Å²) in [6.07, 6.45) is 18.7. The molecule has 0 heterocycles. The van der Waals surface area contributed by atoms with Gasteiger partial charge in [-0.1, -0.05) is 175 Å². The van der Waals surface area contributed by atoms with E-state index in [0.29, 0.717) is 11.8 Å². The van der Waals surface area contributed by atoms with Gasteiger partial charge in [-0.15, -0.1) is 0 Å². The Morgan fingerprint density at radius 1 is 0.383 bits per heavy atom. The predicted molar refractivity (Wildman–Crippen MR) is 205 cm³/mol. The maximum absolute atomic E-state index is 2.35. The van der Waals surface area contributed by atoms with Gasteiger partial charge in [-0.05, 0) is 99.3 Å². The quantitative estimate of drug-likeness (QED) is 0.102. The molecule has 2 saturated carbocycles. The molecule has 0 aromatic heterocycles. The van der Waals surface area contributed by atoms with Crippen LogP contribution in [0.2, 0.25) is 0 Å². The molecular weight excluding hydrogens is 646 g/mol. The van der Waals surface area contributed by atoms with E-state index in [2.05, 4.69) is 188 Å². The van der Waals surface area contributed by atoms with Crippen LogP contribution in [0.1, 0.15) is 53.4 Å². The van der Waals surface area contributed by atoms with Crippen molar-refractivity contribution in [2.75, 3.05) is 0 Å². The maximum atomic E-state index is 2.35. The molecule has 6 rings (SSSR count). The summed E-state index contributed by atoms with van der Waals surface area (Å²) in [7, 11) is -0.947. The normalized spacial score (nSPS) is 16.2. The topological polar surface area (TPSA) is 0 Å². The summed E-state index contributed by atoms with van der Waals surface area (Å²) in [5, 5.41) is 5.75. The van der Waals surface area contributed by atoms with E-state index in [1.54, 1.807) is 11.8 Å². The zero-order valence-electron chi connectivity index (χ0n) is 28.2. The third-order valence-electron chi connectivity index (χ3n) is 9.04. The third-order valence-corrected chi connectivity index (χ3v) is 14.1. The van der Waals surface area contributed by atoms with Gasteiger partial charge in [0, 0.05) is 28.4 Å². The van der Waals surface area contributed by atoms with E-state index in [9.17, 15) is 0 Å². The first-order valence-electron chi connectivity index (χ1n) is 17.0. The first kappa shape index (κ1) is 38.1. The first-order valence-corrected chi connectivity index (χ1v) is 19.7. The van der Waals surface area contributed by atoms with Gasteiger partial charge in [-0.3, -0.25) is 0 Å². The molecule has 0 unspecified atom stereocenters. The van der Waals surface area contributed by atoms with Crippen LogP contribution in [0.4, 0.5) is 0 Å². The van der Waals surface area contributed by atoms with Crippen molar-refractivity contribution in [3.8, 4) is 0 Å². The van der Waals surface area contributed by atoms with Crippen LogP contribution >= 0.6 is 15.8 Å². The van der Waals surface area contributed by atoms with Crippen molar-refractivity contribution in [3.63, 3.8) is 0 Å². The average molecular weight is 695 g/mol. The number of hydrogen-bond donors (Lipinski definition) is 0. The summed E-state index contributed by atoms with van der Waals surface area (Å²) in [6.45, 7) is 9.22. The predicted octanol–water partition coefficient (Wildman–Crippen LogP) is 10.6. The molecule has 0 N–H and O–H groups in total.